The summed E-state index contributed by atoms with van der Waals surface area (Å²) in [7, 11) is 1.70. The van der Waals surface area contributed by atoms with Crippen LogP contribution in [-0.2, 0) is 0 Å². The molecule has 1 aromatic rings. The first kappa shape index (κ1) is 12.8. The highest BCUT2D eigenvalue weighted by molar-refractivity contribution is 5.99. The molecule has 0 aliphatic rings. The number of nitrogens with zero attached hydrogens (tertiary/aromatic N) is 2. The van der Waals surface area contributed by atoms with Gasteiger partial charge in [0.2, 0.25) is 0 Å². The monoisotopic (exact) mass is 236 g/mol. The number of nitrogens with one attached hydrogen (secondary N) is 1. The maximum atomic E-state index is 11.6. The van der Waals surface area contributed by atoms with Crippen molar-refractivity contribution in [3.63, 3.8) is 0 Å². The van der Waals surface area contributed by atoms with Crippen LogP contribution in [0.4, 0.5) is 10.5 Å². The summed E-state index contributed by atoms with van der Waals surface area (Å²) < 4.78 is 0. The minimum absolute atomic E-state index is 0.00458. The van der Waals surface area contributed by atoms with Gasteiger partial charge in [-0.25, -0.2) is 4.79 Å². The van der Waals surface area contributed by atoms with E-state index in [4.69, 9.17) is 10.9 Å². The van der Waals surface area contributed by atoms with Crippen LogP contribution in [0.1, 0.15) is 12.5 Å². The first-order valence-corrected chi connectivity index (χ1v) is 5.18. The van der Waals surface area contributed by atoms with Gasteiger partial charge in [-0.1, -0.05) is 17.3 Å². The van der Waals surface area contributed by atoms with Crippen molar-refractivity contribution in [2.75, 3.05) is 18.9 Å². The molecule has 6 heteroatoms. The summed E-state index contributed by atoms with van der Waals surface area (Å²) >= 11 is 0. The van der Waals surface area contributed by atoms with Crippen LogP contribution in [0.5, 0.6) is 0 Å². The highest BCUT2D eigenvalue weighted by Crippen LogP contribution is 2.11. The summed E-state index contributed by atoms with van der Waals surface area (Å²) in [5, 5.41) is 14.2. The molecule has 0 spiro atoms. The van der Waals surface area contributed by atoms with Gasteiger partial charge in [0.25, 0.3) is 0 Å². The Morgan fingerprint density at radius 2 is 2.29 bits per heavy atom. The van der Waals surface area contributed by atoms with Crippen molar-refractivity contribution in [1.29, 1.82) is 0 Å². The number of anilines is 1. The summed E-state index contributed by atoms with van der Waals surface area (Å²) in [4.78, 5) is 13.1. The average molecular weight is 236 g/mol. The molecule has 0 heterocycles. The third-order valence-electron chi connectivity index (χ3n) is 2.34. The Kier molecular flexibility index (Phi) is 4.33. The zero-order valence-electron chi connectivity index (χ0n) is 9.84. The molecular formula is C11H16N4O2. The molecule has 6 nitrogen and oxygen atoms in total. The minimum Gasteiger partial charge on any atom is -0.409 e. The maximum absolute atomic E-state index is 11.6. The number of hydrogen-bond donors (Lipinski definition) is 3. The van der Waals surface area contributed by atoms with Gasteiger partial charge in [0.05, 0.1) is 0 Å². The fraction of sp³-hybridized carbons (Fsp3) is 0.273. The topological polar surface area (TPSA) is 91.0 Å². The van der Waals surface area contributed by atoms with Crippen molar-refractivity contribution in [3.8, 4) is 0 Å². The number of rotatable bonds is 3. The van der Waals surface area contributed by atoms with E-state index in [1.807, 2.05) is 6.92 Å². The van der Waals surface area contributed by atoms with Crippen LogP contribution in [0.2, 0.25) is 0 Å². The van der Waals surface area contributed by atoms with E-state index in [1.165, 1.54) is 4.90 Å². The third-order valence-corrected chi connectivity index (χ3v) is 2.34. The second-order valence-electron chi connectivity index (χ2n) is 3.51. The molecule has 4 N–H and O–H groups in total. The summed E-state index contributed by atoms with van der Waals surface area (Å²) in [5.74, 6) is 0.00458. The van der Waals surface area contributed by atoms with E-state index in [0.29, 0.717) is 17.8 Å². The van der Waals surface area contributed by atoms with Gasteiger partial charge in [0.1, 0.15) is 0 Å². The molecule has 0 fully saturated rings. The van der Waals surface area contributed by atoms with Crippen molar-refractivity contribution in [2.45, 2.75) is 6.92 Å². The highest BCUT2D eigenvalue weighted by atomic mass is 16.4. The lowest BCUT2D eigenvalue weighted by molar-refractivity contribution is 0.224. The summed E-state index contributed by atoms with van der Waals surface area (Å²) in [6.07, 6.45) is 0. The lowest BCUT2D eigenvalue weighted by Gasteiger charge is -2.15. The molecule has 17 heavy (non-hydrogen) atoms. The Labute approximate surface area is 99.7 Å². The van der Waals surface area contributed by atoms with E-state index < -0.39 is 0 Å². The number of hydrogen-bond acceptors (Lipinski definition) is 3. The molecule has 0 bridgehead atoms. The molecule has 0 atom stereocenters. The number of oxime groups is 1. The van der Waals surface area contributed by atoms with Gasteiger partial charge >= 0.3 is 6.03 Å². The first-order chi connectivity index (χ1) is 8.08. The van der Waals surface area contributed by atoms with Gasteiger partial charge in [0, 0.05) is 24.8 Å². The number of nitrogens with two attached hydrogens (primary N) is 1. The molecule has 0 aliphatic carbocycles. The molecule has 2 amide bonds. The fourth-order valence-corrected chi connectivity index (χ4v) is 1.18. The summed E-state index contributed by atoms with van der Waals surface area (Å²) in [6, 6.07) is 6.57. The lowest BCUT2D eigenvalue weighted by Crippen LogP contribution is -2.31. The standard InChI is InChI=1S/C11H16N4O2/c1-3-15(2)11(16)13-9-6-4-5-8(7-9)10(12)14-17/h4-7,17H,3H2,1-2H3,(H2,12,14)(H,13,16). The van der Waals surface area contributed by atoms with Crippen molar-refractivity contribution >= 4 is 17.6 Å². The number of amides is 2. The van der Waals surface area contributed by atoms with E-state index >= 15 is 0 Å². The molecule has 92 valence electrons. The fourth-order valence-electron chi connectivity index (χ4n) is 1.18. The zero-order valence-corrected chi connectivity index (χ0v) is 9.84. The van der Waals surface area contributed by atoms with Crippen molar-refractivity contribution in [2.24, 2.45) is 10.9 Å². The van der Waals surface area contributed by atoms with Crippen LogP contribution in [0.15, 0.2) is 29.4 Å². The van der Waals surface area contributed by atoms with Gasteiger partial charge in [-0.2, -0.15) is 0 Å². The number of amidine groups is 1. The molecular weight excluding hydrogens is 220 g/mol. The van der Waals surface area contributed by atoms with Crippen molar-refractivity contribution < 1.29 is 10.0 Å². The van der Waals surface area contributed by atoms with Crippen LogP contribution in [0.25, 0.3) is 0 Å². The Morgan fingerprint density at radius 3 is 2.88 bits per heavy atom. The summed E-state index contributed by atoms with van der Waals surface area (Å²) in [5.41, 5.74) is 6.60. The summed E-state index contributed by atoms with van der Waals surface area (Å²) in [6.45, 7) is 2.50. The van der Waals surface area contributed by atoms with Gasteiger partial charge in [-0.05, 0) is 19.1 Å². The zero-order chi connectivity index (χ0) is 12.8. The van der Waals surface area contributed by atoms with Gasteiger partial charge in [-0.15, -0.1) is 0 Å². The van der Waals surface area contributed by atoms with Crippen molar-refractivity contribution in [1.82, 2.24) is 4.90 Å². The normalized spacial score (nSPS) is 11.1. The van der Waals surface area contributed by atoms with Crippen LogP contribution in [0.3, 0.4) is 0 Å². The second-order valence-corrected chi connectivity index (χ2v) is 3.51. The van der Waals surface area contributed by atoms with Gasteiger partial charge in [0.15, 0.2) is 5.84 Å². The molecule has 0 radical (unpaired) electrons. The van der Waals surface area contributed by atoms with E-state index in [1.54, 1.807) is 31.3 Å². The lowest BCUT2D eigenvalue weighted by atomic mass is 10.2. The Morgan fingerprint density at radius 1 is 1.59 bits per heavy atom. The minimum atomic E-state index is -0.204. The molecule has 0 saturated carbocycles. The third kappa shape index (κ3) is 3.37. The Balaban J connectivity index is 2.83. The average Bonchev–Trinajstić information content (AvgIpc) is 2.37. The Hall–Kier alpha value is -2.24. The van der Waals surface area contributed by atoms with Crippen molar-refractivity contribution in [3.05, 3.63) is 29.8 Å². The molecule has 0 saturated heterocycles. The number of urea groups is 1. The quantitative estimate of drug-likeness (QED) is 0.319. The van der Waals surface area contributed by atoms with Gasteiger partial charge < -0.3 is 21.2 Å². The maximum Gasteiger partial charge on any atom is 0.321 e. The molecule has 1 aromatic carbocycles. The van der Waals surface area contributed by atoms with Gasteiger partial charge in [-0.3, -0.25) is 0 Å². The first-order valence-electron chi connectivity index (χ1n) is 5.18. The SMILES string of the molecule is CCN(C)C(=O)Nc1cccc(C(N)=NO)c1. The van der Waals surface area contributed by atoms with E-state index in [-0.39, 0.29) is 11.9 Å². The predicted molar refractivity (Wildman–Crippen MR) is 66.3 cm³/mol. The highest BCUT2D eigenvalue weighted by Gasteiger charge is 2.07. The molecule has 0 unspecified atom stereocenters. The van der Waals surface area contributed by atoms with Crippen LogP contribution >= 0.6 is 0 Å². The van der Waals surface area contributed by atoms with E-state index in [9.17, 15) is 4.79 Å². The molecule has 0 aliphatic heterocycles. The van der Waals surface area contributed by atoms with Crippen LogP contribution < -0.4 is 11.1 Å². The number of carbonyl (C=O) groups excluding carboxylic acids is 1. The van der Waals surface area contributed by atoms with Crippen LogP contribution in [-0.4, -0.2) is 35.6 Å². The second kappa shape index (κ2) is 5.74. The Bertz CT molecular complexity index is 431. The molecule has 1 rings (SSSR count). The largest absolute Gasteiger partial charge is 0.409 e. The van der Waals surface area contributed by atoms with Crippen LogP contribution in [0, 0.1) is 0 Å². The smallest absolute Gasteiger partial charge is 0.321 e. The van der Waals surface area contributed by atoms with E-state index in [0.717, 1.165) is 0 Å². The predicted octanol–water partition coefficient (Wildman–Crippen LogP) is 1.26. The number of carbonyl (C=O) groups is 1. The number of benzene rings is 1. The van der Waals surface area contributed by atoms with E-state index in [2.05, 4.69) is 10.5 Å². The molecule has 0 aromatic heterocycles.